The number of ketones is 1. The zero-order valence-electron chi connectivity index (χ0n) is 20.8. The van der Waals surface area contributed by atoms with Crippen LogP contribution in [0, 0.1) is 52.3 Å². The second kappa shape index (κ2) is 8.40. The Hall–Kier alpha value is -0.590. The molecule has 0 amide bonds. The monoisotopic (exact) mass is 412 g/mol. The number of carbonyl (C=O) groups excluding carboxylic acids is 1. The molecule has 8 atom stereocenters. The number of allylic oxidation sites excluding steroid dienone is 1. The summed E-state index contributed by atoms with van der Waals surface area (Å²) < 4.78 is 0. The second-order valence-electron chi connectivity index (χ2n) is 12.7. The van der Waals surface area contributed by atoms with Crippen LogP contribution in [-0.4, -0.2) is 5.78 Å². The van der Waals surface area contributed by atoms with Crippen LogP contribution in [0.1, 0.15) is 112 Å². The molecule has 3 saturated carbocycles. The third-order valence-electron chi connectivity index (χ3n) is 11.2. The largest absolute Gasteiger partial charge is 0.295 e. The lowest BCUT2D eigenvalue weighted by Crippen LogP contribution is -2.51. The van der Waals surface area contributed by atoms with Gasteiger partial charge in [-0.25, -0.2) is 0 Å². The van der Waals surface area contributed by atoms with Gasteiger partial charge in [-0.05, 0) is 110 Å². The van der Waals surface area contributed by atoms with Crippen LogP contribution in [0.15, 0.2) is 11.6 Å². The number of hydrogen-bond donors (Lipinski definition) is 0. The lowest BCUT2D eigenvalue weighted by molar-refractivity contribution is -0.117. The van der Waals surface area contributed by atoms with Crippen molar-refractivity contribution in [3.05, 3.63) is 11.6 Å². The first kappa shape index (κ1) is 22.6. The van der Waals surface area contributed by atoms with Gasteiger partial charge in [0.25, 0.3) is 0 Å². The number of carbonyl (C=O) groups is 1. The summed E-state index contributed by atoms with van der Waals surface area (Å²) >= 11 is 0. The van der Waals surface area contributed by atoms with Crippen molar-refractivity contribution in [1.82, 2.24) is 0 Å². The van der Waals surface area contributed by atoms with Crippen LogP contribution in [0.2, 0.25) is 0 Å². The highest BCUT2D eigenvalue weighted by Gasteiger charge is 2.59. The standard InChI is InChI=1S/C29H48O/c1-7-21(19(2)3)9-8-20(4)25-12-13-26-24-11-10-22-18-23(30)14-16-28(22,5)27(24)15-17-29(25,26)6/h18-21,24-27H,7-17H2,1-6H3/t20-,21?,24?,25?,26?,27?,28+,29-/m1/s1. The molecule has 30 heavy (non-hydrogen) atoms. The molecular weight excluding hydrogens is 364 g/mol. The van der Waals surface area contributed by atoms with E-state index >= 15 is 0 Å². The third-order valence-corrected chi connectivity index (χ3v) is 11.2. The Bertz CT molecular complexity index is 674. The van der Waals surface area contributed by atoms with Crippen LogP contribution in [0.4, 0.5) is 0 Å². The van der Waals surface area contributed by atoms with Crippen molar-refractivity contribution in [2.24, 2.45) is 52.3 Å². The fraction of sp³-hybridized carbons (Fsp3) is 0.897. The summed E-state index contributed by atoms with van der Waals surface area (Å²) in [6, 6.07) is 0. The van der Waals surface area contributed by atoms with E-state index in [4.69, 9.17) is 0 Å². The molecule has 4 rings (SSSR count). The third kappa shape index (κ3) is 3.65. The normalized spacial score (nSPS) is 42.9. The molecule has 0 N–H and O–H groups in total. The van der Waals surface area contributed by atoms with Crippen LogP contribution < -0.4 is 0 Å². The SMILES string of the molecule is CCC(CC[C@@H](C)C1CCC2C3CCC4=CC(=O)CC[C@]4(C)C3CC[C@@]21C)C(C)C. The van der Waals surface area contributed by atoms with Gasteiger partial charge in [-0.1, -0.05) is 60.0 Å². The Morgan fingerprint density at radius 1 is 0.967 bits per heavy atom. The number of fused-ring (bicyclic) bond motifs is 5. The van der Waals surface area contributed by atoms with Crippen LogP contribution in [0.25, 0.3) is 0 Å². The van der Waals surface area contributed by atoms with Crippen molar-refractivity contribution in [1.29, 1.82) is 0 Å². The van der Waals surface area contributed by atoms with E-state index in [0.29, 0.717) is 16.6 Å². The Balaban J connectivity index is 1.48. The highest BCUT2D eigenvalue weighted by Crippen LogP contribution is 2.67. The van der Waals surface area contributed by atoms with Crippen molar-refractivity contribution in [2.45, 2.75) is 112 Å². The maximum Gasteiger partial charge on any atom is 0.155 e. The van der Waals surface area contributed by atoms with E-state index < -0.39 is 0 Å². The van der Waals surface area contributed by atoms with E-state index in [1.807, 2.05) is 0 Å². The Morgan fingerprint density at radius 3 is 2.43 bits per heavy atom. The molecule has 5 unspecified atom stereocenters. The fourth-order valence-corrected chi connectivity index (χ4v) is 9.22. The molecule has 0 aromatic heterocycles. The maximum atomic E-state index is 12.1. The van der Waals surface area contributed by atoms with Crippen LogP contribution in [0.5, 0.6) is 0 Å². The molecule has 0 heterocycles. The van der Waals surface area contributed by atoms with E-state index in [-0.39, 0.29) is 0 Å². The summed E-state index contributed by atoms with van der Waals surface area (Å²) in [6.45, 7) is 15.0. The Labute approximate surface area is 186 Å². The van der Waals surface area contributed by atoms with Crippen molar-refractivity contribution >= 4 is 5.78 Å². The van der Waals surface area contributed by atoms with Gasteiger partial charge in [0.15, 0.2) is 5.78 Å². The second-order valence-corrected chi connectivity index (χ2v) is 12.7. The summed E-state index contributed by atoms with van der Waals surface area (Å²) in [5.74, 6) is 6.63. The van der Waals surface area contributed by atoms with Crippen LogP contribution in [-0.2, 0) is 4.79 Å². The summed E-state index contributed by atoms with van der Waals surface area (Å²) in [6.07, 6.45) is 16.5. The van der Waals surface area contributed by atoms with E-state index in [9.17, 15) is 4.79 Å². The van der Waals surface area contributed by atoms with Gasteiger partial charge in [-0.3, -0.25) is 4.79 Å². The molecule has 0 bridgehead atoms. The quantitative estimate of drug-likeness (QED) is 0.429. The van der Waals surface area contributed by atoms with Gasteiger partial charge in [0.05, 0.1) is 0 Å². The number of rotatable bonds is 6. The van der Waals surface area contributed by atoms with Crippen molar-refractivity contribution in [3.8, 4) is 0 Å². The maximum absolute atomic E-state index is 12.1. The van der Waals surface area contributed by atoms with Crippen molar-refractivity contribution in [3.63, 3.8) is 0 Å². The van der Waals surface area contributed by atoms with E-state index in [1.54, 1.807) is 0 Å². The first-order valence-electron chi connectivity index (χ1n) is 13.4. The molecule has 1 nitrogen and oxygen atoms in total. The molecule has 4 aliphatic carbocycles. The molecule has 0 aromatic rings. The molecule has 3 fully saturated rings. The van der Waals surface area contributed by atoms with Gasteiger partial charge >= 0.3 is 0 Å². The fourth-order valence-electron chi connectivity index (χ4n) is 9.22. The Kier molecular flexibility index (Phi) is 6.33. The molecule has 0 aliphatic heterocycles. The highest BCUT2D eigenvalue weighted by atomic mass is 16.1. The van der Waals surface area contributed by atoms with Gasteiger partial charge in [0, 0.05) is 6.42 Å². The summed E-state index contributed by atoms with van der Waals surface area (Å²) in [5, 5.41) is 0. The van der Waals surface area contributed by atoms with Gasteiger partial charge in [0.2, 0.25) is 0 Å². The highest BCUT2D eigenvalue weighted by molar-refractivity contribution is 5.91. The van der Waals surface area contributed by atoms with Crippen molar-refractivity contribution < 1.29 is 4.79 Å². The van der Waals surface area contributed by atoms with Crippen LogP contribution >= 0.6 is 0 Å². The lowest BCUT2D eigenvalue weighted by atomic mass is 9.46. The van der Waals surface area contributed by atoms with Gasteiger partial charge in [0.1, 0.15) is 0 Å². The molecular formula is C29H48O. The minimum Gasteiger partial charge on any atom is -0.295 e. The van der Waals surface area contributed by atoms with Gasteiger partial charge < -0.3 is 0 Å². The molecule has 0 radical (unpaired) electrons. The minimum absolute atomic E-state index is 0.327. The smallest absolute Gasteiger partial charge is 0.155 e. The average molecular weight is 413 g/mol. The van der Waals surface area contributed by atoms with E-state index in [0.717, 1.165) is 54.3 Å². The zero-order chi connectivity index (χ0) is 21.7. The van der Waals surface area contributed by atoms with E-state index in [1.165, 1.54) is 63.4 Å². The molecule has 0 saturated heterocycles. The van der Waals surface area contributed by atoms with E-state index in [2.05, 4.69) is 47.6 Å². The summed E-state index contributed by atoms with van der Waals surface area (Å²) in [7, 11) is 0. The average Bonchev–Trinajstić information content (AvgIpc) is 3.06. The molecule has 1 heteroatoms. The first-order chi connectivity index (χ1) is 14.2. The number of hydrogen-bond acceptors (Lipinski definition) is 1. The first-order valence-corrected chi connectivity index (χ1v) is 13.4. The molecule has 4 aliphatic rings. The van der Waals surface area contributed by atoms with Crippen molar-refractivity contribution in [2.75, 3.05) is 0 Å². The predicted octanol–water partition coefficient (Wildman–Crippen LogP) is 8.23. The summed E-state index contributed by atoms with van der Waals surface area (Å²) in [5.41, 5.74) is 2.42. The zero-order valence-corrected chi connectivity index (χ0v) is 20.8. The van der Waals surface area contributed by atoms with Gasteiger partial charge in [-0.15, -0.1) is 0 Å². The molecule has 0 aromatic carbocycles. The summed E-state index contributed by atoms with van der Waals surface area (Å²) in [4.78, 5) is 12.1. The minimum atomic E-state index is 0.327. The Morgan fingerprint density at radius 2 is 1.73 bits per heavy atom. The molecule has 170 valence electrons. The topological polar surface area (TPSA) is 17.1 Å². The lowest BCUT2D eigenvalue weighted by Gasteiger charge is -2.58. The predicted molar refractivity (Wildman–Crippen MR) is 127 cm³/mol. The van der Waals surface area contributed by atoms with Gasteiger partial charge in [-0.2, -0.15) is 0 Å². The molecule has 0 spiro atoms. The van der Waals surface area contributed by atoms with Crippen LogP contribution in [0.3, 0.4) is 0 Å².